The molecule has 0 aromatic rings. The first-order chi connectivity index (χ1) is 31.9. The minimum atomic E-state index is -5.12. The van der Waals surface area contributed by atoms with Crippen LogP contribution >= 0.6 is 7.82 Å². The molecule has 66 heavy (non-hydrogen) atoms. The lowest BCUT2D eigenvalue weighted by atomic mass is 9.85. The molecule has 13 nitrogen and oxygen atoms in total. The summed E-state index contributed by atoms with van der Waals surface area (Å²) in [4.78, 5) is 35.9. The Kier molecular flexibility index (Phi) is 40.7. The molecule has 1 saturated carbocycles. The molecule has 8 atom stereocenters. The van der Waals surface area contributed by atoms with Crippen molar-refractivity contribution in [1.82, 2.24) is 0 Å². The summed E-state index contributed by atoms with van der Waals surface area (Å²) in [6.07, 6.45) is 32.9. The fraction of sp³-hybridized carbons (Fsp3) is 0.962. The average Bonchev–Trinajstić information content (AvgIpc) is 3.30. The van der Waals surface area contributed by atoms with Gasteiger partial charge in [-0.15, -0.1) is 0 Å². The second-order valence-electron chi connectivity index (χ2n) is 19.5. The van der Waals surface area contributed by atoms with Gasteiger partial charge in [0.25, 0.3) is 0 Å². The van der Waals surface area contributed by atoms with E-state index in [4.69, 9.17) is 18.5 Å². The Labute approximate surface area is 401 Å². The monoisotopic (exact) mass is 965 g/mol. The zero-order chi connectivity index (χ0) is 48.5. The van der Waals surface area contributed by atoms with Crippen molar-refractivity contribution in [3.63, 3.8) is 0 Å². The van der Waals surface area contributed by atoms with Gasteiger partial charge >= 0.3 is 19.8 Å². The second kappa shape index (κ2) is 42.7. The molecule has 0 aromatic carbocycles. The van der Waals surface area contributed by atoms with Crippen molar-refractivity contribution in [3.8, 4) is 0 Å². The van der Waals surface area contributed by atoms with Crippen LogP contribution in [0.5, 0.6) is 0 Å². The van der Waals surface area contributed by atoms with E-state index in [1.807, 2.05) is 0 Å². The molecule has 0 radical (unpaired) electrons. The molecule has 1 rings (SSSR count). The zero-order valence-electron chi connectivity index (χ0n) is 42.0. The smallest absolute Gasteiger partial charge is 0.462 e. The lowest BCUT2D eigenvalue weighted by molar-refractivity contribution is -0.220. The van der Waals surface area contributed by atoms with Crippen molar-refractivity contribution in [2.24, 2.45) is 0 Å². The van der Waals surface area contributed by atoms with Crippen LogP contribution < -0.4 is 0 Å². The third-order valence-electron chi connectivity index (χ3n) is 13.2. The molecule has 392 valence electrons. The first-order valence-electron chi connectivity index (χ1n) is 27.3. The topological polar surface area (TPSA) is 210 Å². The second-order valence-corrected chi connectivity index (χ2v) is 20.9. The van der Waals surface area contributed by atoms with Crippen molar-refractivity contribution < 1.29 is 63.1 Å². The number of esters is 2. The van der Waals surface area contributed by atoms with Gasteiger partial charge in [-0.1, -0.05) is 239 Å². The Morgan fingerprint density at radius 1 is 0.409 bits per heavy atom. The van der Waals surface area contributed by atoms with Crippen molar-refractivity contribution in [1.29, 1.82) is 0 Å². The third kappa shape index (κ3) is 34.2. The summed E-state index contributed by atoms with van der Waals surface area (Å²) < 4.78 is 33.7. The largest absolute Gasteiger partial charge is 0.472 e. The SMILES string of the molecule is CCCCCCCCCCCCCCCCCCCCCCC(=O)O[C@H](COC(=O)CCCCCCCCCCCCCCCCCCC)COP(=O)(O)OC1C(O)C(O)C(O)[C@@H](O)C1O. The summed E-state index contributed by atoms with van der Waals surface area (Å²) in [7, 11) is -5.12. The average molecular weight is 965 g/mol. The maximum atomic E-state index is 12.9. The van der Waals surface area contributed by atoms with Crippen molar-refractivity contribution in [2.75, 3.05) is 13.2 Å². The van der Waals surface area contributed by atoms with Crippen LogP contribution in [-0.2, 0) is 32.7 Å². The number of unbranched alkanes of at least 4 members (excludes halogenated alkanes) is 35. The number of hydrogen-bond acceptors (Lipinski definition) is 12. The minimum Gasteiger partial charge on any atom is -0.462 e. The predicted octanol–water partition coefficient (Wildman–Crippen LogP) is 12.0. The maximum absolute atomic E-state index is 12.9. The number of phosphoric acid groups is 1. The molecule has 0 aromatic heterocycles. The number of aliphatic hydroxyl groups excluding tert-OH is 5. The number of aliphatic hydroxyl groups is 5. The number of carbonyl (C=O) groups excluding carboxylic acids is 2. The highest BCUT2D eigenvalue weighted by atomic mass is 31.2. The van der Waals surface area contributed by atoms with E-state index in [-0.39, 0.29) is 12.8 Å². The molecular weight excluding hydrogens is 864 g/mol. The Morgan fingerprint density at radius 3 is 1.00 bits per heavy atom. The molecule has 0 saturated heterocycles. The molecular formula is C52H101O13P. The molecule has 6 N–H and O–H groups in total. The van der Waals surface area contributed by atoms with E-state index in [0.29, 0.717) is 12.8 Å². The highest BCUT2D eigenvalue weighted by molar-refractivity contribution is 7.47. The first kappa shape index (κ1) is 62.9. The van der Waals surface area contributed by atoms with Crippen LogP contribution in [0.15, 0.2) is 0 Å². The van der Waals surface area contributed by atoms with Gasteiger partial charge in [0.1, 0.15) is 43.2 Å². The molecule has 6 unspecified atom stereocenters. The van der Waals surface area contributed by atoms with Gasteiger partial charge in [0.15, 0.2) is 6.10 Å². The Hall–Kier alpha value is -1.15. The Balaban J connectivity index is 2.35. The molecule has 0 aliphatic heterocycles. The summed E-state index contributed by atoms with van der Waals surface area (Å²) in [6, 6.07) is 0. The maximum Gasteiger partial charge on any atom is 0.472 e. The van der Waals surface area contributed by atoms with Crippen LogP contribution in [0.1, 0.15) is 264 Å². The van der Waals surface area contributed by atoms with Gasteiger partial charge < -0.3 is 39.9 Å². The standard InChI is InChI=1S/C52H101O13P/c1-3-5-7-9-11-13-15-17-19-21-22-23-25-27-29-31-33-35-37-39-41-46(54)64-44(43-63-66(60,61)65-52-50(58)48(56)47(55)49(57)51(52)59)42-62-45(53)40-38-36-34-32-30-28-26-24-20-18-16-14-12-10-8-6-4-2/h44,47-52,55-59H,3-43H2,1-2H3,(H,60,61)/t44-,47?,48-,49?,50?,51?,52?/m1/s1. The number of phosphoric ester groups is 1. The predicted molar refractivity (Wildman–Crippen MR) is 263 cm³/mol. The first-order valence-corrected chi connectivity index (χ1v) is 28.8. The quantitative estimate of drug-likeness (QED) is 0.0191. The molecule has 1 aliphatic carbocycles. The molecule has 0 bridgehead atoms. The van der Waals surface area contributed by atoms with Crippen LogP contribution in [0.25, 0.3) is 0 Å². The van der Waals surface area contributed by atoms with Crippen LogP contribution in [0.2, 0.25) is 0 Å². The van der Waals surface area contributed by atoms with Gasteiger partial charge in [-0.25, -0.2) is 4.57 Å². The molecule has 14 heteroatoms. The van der Waals surface area contributed by atoms with Crippen LogP contribution in [0, 0.1) is 0 Å². The van der Waals surface area contributed by atoms with Crippen molar-refractivity contribution >= 4 is 19.8 Å². The van der Waals surface area contributed by atoms with Gasteiger partial charge in [-0.05, 0) is 12.8 Å². The summed E-state index contributed by atoms with van der Waals surface area (Å²) in [5, 5.41) is 50.3. The number of ether oxygens (including phenoxy) is 2. The van der Waals surface area contributed by atoms with E-state index in [1.165, 1.54) is 186 Å². The molecule has 0 heterocycles. The van der Waals surface area contributed by atoms with Crippen molar-refractivity contribution in [2.45, 2.75) is 307 Å². The summed E-state index contributed by atoms with van der Waals surface area (Å²) in [5.74, 6) is -1.08. The van der Waals surface area contributed by atoms with Crippen LogP contribution in [0.3, 0.4) is 0 Å². The lowest BCUT2D eigenvalue weighted by Gasteiger charge is -2.41. The summed E-state index contributed by atoms with van der Waals surface area (Å²) in [5.41, 5.74) is 0. The van der Waals surface area contributed by atoms with E-state index in [2.05, 4.69) is 13.8 Å². The fourth-order valence-electron chi connectivity index (χ4n) is 8.82. The highest BCUT2D eigenvalue weighted by Gasteiger charge is 2.51. The Bertz CT molecular complexity index is 1160. The molecule has 1 aliphatic rings. The Morgan fingerprint density at radius 2 is 0.682 bits per heavy atom. The lowest BCUT2D eigenvalue weighted by Crippen LogP contribution is -2.64. The molecule has 1 fully saturated rings. The fourth-order valence-corrected chi connectivity index (χ4v) is 9.79. The number of carbonyl (C=O) groups is 2. The molecule has 0 amide bonds. The van der Waals surface area contributed by atoms with Gasteiger partial charge in [0.05, 0.1) is 6.61 Å². The van der Waals surface area contributed by atoms with Gasteiger partial charge in [0.2, 0.25) is 0 Å². The van der Waals surface area contributed by atoms with E-state index in [0.717, 1.165) is 38.5 Å². The number of hydrogen-bond donors (Lipinski definition) is 6. The van der Waals surface area contributed by atoms with Gasteiger partial charge in [-0.3, -0.25) is 18.6 Å². The van der Waals surface area contributed by atoms with Crippen LogP contribution in [0.4, 0.5) is 0 Å². The number of rotatable bonds is 47. The van der Waals surface area contributed by atoms with E-state index in [9.17, 15) is 44.6 Å². The summed E-state index contributed by atoms with van der Waals surface area (Å²) in [6.45, 7) is 3.36. The van der Waals surface area contributed by atoms with E-state index >= 15 is 0 Å². The van der Waals surface area contributed by atoms with Crippen molar-refractivity contribution in [3.05, 3.63) is 0 Å². The summed E-state index contributed by atoms with van der Waals surface area (Å²) >= 11 is 0. The minimum absolute atomic E-state index is 0.106. The van der Waals surface area contributed by atoms with Gasteiger partial charge in [0, 0.05) is 12.8 Å². The zero-order valence-corrected chi connectivity index (χ0v) is 42.9. The third-order valence-corrected chi connectivity index (χ3v) is 14.2. The van der Waals surface area contributed by atoms with E-state index in [1.54, 1.807) is 0 Å². The van der Waals surface area contributed by atoms with Crippen LogP contribution in [-0.4, -0.2) is 98.3 Å². The van der Waals surface area contributed by atoms with Gasteiger partial charge in [-0.2, -0.15) is 0 Å². The highest BCUT2D eigenvalue weighted by Crippen LogP contribution is 2.47. The normalized spacial score (nSPS) is 21.2. The van der Waals surface area contributed by atoms with E-state index < -0.39 is 75.7 Å². The molecule has 0 spiro atoms.